The third-order valence-electron chi connectivity index (χ3n) is 4.69. The number of carboxylic acid groups (broad SMARTS) is 1. The van der Waals surface area contributed by atoms with Crippen molar-refractivity contribution >= 4 is 22.9 Å². The van der Waals surface area contributed by atoms with Gasteiger partial charge in [-0.25, -0.2) is 9.67 Å². The Morgan fingerprint density at radius 1 is 1.32 bits per heavy atom. The minimum absolute atomic E-state index is 0.0340. The molecule has 0 aliphatic heterocycles. The van der Waals surface area contributed by atoms with Crippen LogP contribution in [0.15, 0.2) is 12.3 Å². The van der Waals surface area contributed by atoms with Crippen molar-refractivity contribution in [2.75, 3.05) is 0 Å². The number of pyridine rings is 1. The molecule has 0 bridgehead atoms. The van der Waals surface area contributed by atoms with Gasteiger partial charge in [0.25, 0.3) is 5.91 Å². The number of carbonyl (C=O) groups excluding carboxylic acids is 1. The summed E-state index contributed by atoms with van der Waals surface area (Å²) in [6.45, 7) is 11.3. The maximum atomic E-state index is 12.8. The highest BCUT2D eigenvalue weighted by atomic mass is 16.4. The van der Waals surface area contributed by atoms with Crippen molar-refractivity contribution in [3.8, 4) is 0 Å². The summed E-state index contributed by atoms with van der Waals surface area (Å²) < 4.78 is 1.81. The maximum Gasteiger partial charge on any atom is 0.305 e. The Kier molecular flexibility index (Phi) is 5.15. The normalized spacial score (nSPS) is 14.1. The van der Waals surface area contributed by atoms with E-state index >= 15 is 0 Å². The van der Waals surface area contributed by atoms with Crippen LogP contribution in [0.5, 0.6) is 0 Å². The van der Waals surface area contributed by atoms with Gasteiger partial charge >= 0.3 is 5.97 Å². The van der Waals surface area contributed by atoms with Crippen LogP contribution in [0, 0.1) is 12.8 Å². The summed E-state index contributed by atoms with van der Waals surface area (Å²) in [5, 5.41) is 17.2. The van der Waals surface area contributed by atoms with Gasteiger partial charge in [0, 0.05) is 11.4 Å². The topological polar surface area (TPSA) is 97.1 Å². The van der Waals surface area contributed by atoms with Crippen molar-refractivity contribution in [1.29, 1.82) is 0 Å². The molecule has 0 radical (unpaired) electrons. The van der Waals surface area contributed by atoms with Crippen LogP contribution >= 0.6 is 0 Å². The highest BCUT2D eigenvalue weighted by molar-refractivity contribution is 5.98. The molecule has 1 atom stereocenters. The van der Waals surface area contributed by atoms with Crippen LogP contribution in [0.2, 0.25) is 0 Å². The number of aromatic nitrogens is 3. The summed E-state index contributed by atoms with van der Waals surface area (Å²) in [4.78, 5) is 28.5. The van der Waals surface area contributed by atoms with Crippen molar-refractivity contribution in [1.82, 2.24) is 20.1 Å². The van der Waals surface area contributed by atoms with E-state index in [9.17, 15) is 9.59 Å². The van der Waals surface area contributed by atoms with Crippen LogP contribution in [0.4, 0.5) is 0 Å². The summed E-state index contributed by atoms with van der Waals surface area (Å²) >= 11 is 0. The number of aliphatic carboxylic acids is 1. The lowest BCUT2D eigenvalue weighted by molar-refractivity contribution is -0.138. The molecule has 2 N–H and O–H groups in total. The number of hydrogen-bond donors (Lipinski definition) is 2. The van der Waals surface area contributed by atoms with E-state index < -0.39 is 11.5 Å². The van der Waals surface area contributed by atoms with Gasteiger partial charge in [-0.3, -0.25) is 9.59 Å². The first-order valence-electron chi connectivity index (χ1n) is 8.44. The number of amides is 1. The van der Waals surface area contributed by atoms with Crippen molar-refractivity contribution in [3.05, 3.63) is 23.5 Å². The minimum Gasteiger partial charge on any atom is -0.481 e. The lowest BCUT2D eigenvalue weighted by atomic mass is 9.85. The Morgan fingerprint density at radius 2 is 1.96 bits per heavy atom. The Bertz CT molecular complexity index is 810. The molecule has 7 heteroatoms. The molecular weight excluding hydrogens is 320 g/mol. The summed E-state index contributed by atoms with van der Waals surface area (Å²) in [5.41, 5.74) is 0.926. The molecule has 0 aliphatic rings. The quantitative estimate of drug-likeness (QED) is 0.838. The van der Waals surface area contributed by atoms with Gasteiger partial charge in [0.2, 0.25) is 0 Å². The van der Waals surface area contributed by atoms with E-state index in [1.54, 1.807) is 26.1 Å². The SMILES string of the molecule is Cc1nc2c(cnn2C(C)C)cc1C(=O)NC(C)(CC(=O)O)C(C)C. The third kappa shape index (κ3) is 3.81. The van der Waals surface area contributed by atoms with Gasteiger partial charge in [0.1, 0.15) is 0 Å². The highest BCUT2D eigenvalue weighted by Crippen LogP contribution is 2.23. The number of rotatable bonds is 6. The molecular formula is C18H26N4O3. The molecule has 136 valence electrons. The maximum absolute atomic E-state index is 12.8. The third-order valence-corrected chi connectivity index (χ3v) is 4.69. The molecule has 7 nitrogen and oxygen atoms in total. The largest absolute Gasteiger partial charge is 0.481 e. The predicted octanol–water partition coefficient (Wildman–Crippen LogP) is 2.94. The zero-order valence-corrected chi connectivity index (χ0v) is 15.6. The number of nitrogens with zero attached hydrogens (tertiary/aromatic N) is 3. The predicted molar refractivity (Wildman–Crippen MR) is 95.6 cm³/mol. The van der Waals surface area contributed by atoms with E-state index in [1.165, 1.54) is 0 Å². The second kappa shape index (κ2) is 6.82. The fraction of sp³-hybridized carbons (Fsp3) is 0.556. The molecule has 2 heterocycles. The van der Waals surface area contributed by atoms with Gasteiger partial charge in [0.15, 0.2) is 5.65 Å². The number of fused-ring (bicyclic) bond motifs is 1. The smallest absolute Gasteiger partial charge is 0.305 e. The number of carboxylic acids is 1. The first-order valence-corrected chi connectivity index (χ1v) is 8.44. The molecule has 2 rings (SSSR count). The Labute approximate surface area is 147 Å². The molecule has 0 fully saturated rings. The zero-order chi connectivity index (χ0) is 18.9. The van der Waals surface area contributed by atoms with E-state index in [-0.39, 0.29) is 24.3 Å². The van der Waals surface area contributed by atoms with Crippen LogP contribution in [-0.2, 0) is 4.79 Å². The van der Waals surface area contributed by atoms with Gasteiger partial charge in [-0.1, -0.05) is 13.8 Å². The van der Waals surface area contributed by atoms with Gasteiger partial charge in [-0.05, 0) is 39.7 Å². The molecule has 1 unspecified atom stereocenters. The molecule has 0 aliphatic carbocycles. The van der Waals surface area contributed by atoms with E-state index in [0.717, 1.165) is 11.0 Å². The van der Waals surface area contributed by atoms with Crippen LogP contribution < -0.4 is 5.32 Å². The summed E-state index contributed by atoms with van der Waals surface area (Å²) in [7, 11) is 0. The molecule has 2 aromatic heterocycles. The van der Waals surface area contributed by atoms with Crippen LogP contribution in [0.1, 0.15) is 63.1 Å². The first kappa shape index (κ1) is 18.9. The molecule has 0 aromatic carbocycles. The fourth-order valence-corrected chi connectivity index (χ4v) is 2.71. The summed E-state index contributed by atoms with van der Waals surface area (Å²) in [6.07, 6.45) is 1.55. The molecule has 0 saturated carbocycles. The van der Waals surface area contributed by atoms with Crippen LogP contribution in [-0.4, -0.2) is 37.3 Å². The Morgan fingerprint density at radius 3 is 2.48 bits per heavy atom. The van der Waals surface area contributed by atoms with Crippen LogP contribution in [0.25, 0.3) is 11.0 Å². The van der Waals surface area contributed by atoms with Crippen molar-refractivity contribution in [3.63, 3.8) is 0 Å². The average molecular weight is 346 g/mol. The van der Waals surface area contributed by atoms with Gasteiger partial charge < -0.3 is 10.4 Å². The Hall–Kier alpha value is -2.44. The summed E-state index contributed by atoms with van der Waals surface area (Å²) in [6, 6.07) is 1.93. The van der Waals surface area contributed by atoms with Crippen LogP contribution in [0.3, 0.4) is 0 Å². The standard InChI is InChI=1S/C18H26N4O3/c1-10(2)18(6,8-15(23)24)21-17(25)14-7-13-9-19-22(11(3)4)16(13)20-12(14)5/h7,9-11H,8H2,1-6H3,(H,21,25)(H,23,24). The van der Waals surface area contributed by atoms with Crippen molar-refractivity contribution < 1.29 is 14.7 Å². The van der Waals surface area contributed by atoms with Gasteiger partial charge in [0.05, 0.1) is 29.4 Å². The van der Waals surface area contributed by atoms with E-state index in [4.69, 9.17) is 5.11 Å². The van der Waals surface area contributed by atoms with E-state index in [1.807, 2.05) is 32.4 Å². The lowest BCUT2D eigenvalue weighted by Crippen LogP contribution is -2.51. The second-order valence-electron chi connectivity index (χ2n) is 7.31. The number of carbonyl (C=O) groups is 2. The van der Waals surface area contributed by atoms with Crippen molar-refractivity contribution in [2.45, 2.75) is 59.5 Å². The monoisotopic (exact) mass is 346 g/mol. The molecule has 1 amide bonds. The number of nitrogens with one attached hydrogen (secondary N) is 1. The van der Waals surface area contributed by atoms with E-state index in [0.29, 0.717) is 11.3 Å². The summed E-state index contributed by atoms with van der Waals surface area (Å²) in [5.74, 6) is -1.30. The molecule has 0 saturated heterocycles. The molecule has 25 heavy (non-hydrogen) atoms. The fourth-order valence-electron chi connectivity index (χ4n) is 2.71. The second-order valence-corrected chi connectivity index (χ2v) is 7.31. The zero-order valence-electron chi connectivity index (χ0n) is 15.6. The number of hydrogen-bond acceptors (Lipinski definition) is 4. The first-order chi connectivity index (χ1) is 11.5. The van der Waals surface area contributed by atoms with Crippen molar-refractivity contribution in [2.24, 2.45) is 5.92 Å². The minimum atomic E-state index is -0.944. The van der Waals surface area contributed by atoms with Gasteiger partial charge in [-0.2, -0.15) is 5.10 Å². The highest BCUT2D eigenvalue weighted by Gasteiger charge is 2.33. The van der Waals surface area contributed by atoms with E-state index in [2.05, 4.69) is 15.4 Å². The number of aryl methyl sites for hydroxylation is 1. The van der Waals surface area contributed by atoms with Gasteiger partial charge in [-0.15, -0.1) is 0 Å². The lowest BCUT2D eigenvalue weighted by Gasteiger charge is -2.33. The molecule has 2 aromatic rings. The average Bonchev–Trinajstić information content (AvgIpc) is 2.87. The molecule has 0 spiro atoms. The Balaban J connectivity index is 2.39.